The first-order valence-corrected chi connectivity index (χ1v) is 4.96. The minimum atomic E-state index is -0.757. The number of rotatable bonds is 6. The van der Waals surface area contributed by atoms with Crippen LogP contribution < -0.4 is 10.6 Å². The Kier molecular flexibility index (Phi) is 7.93. The number of amides is 2. The molecule has 0 bridgehead atoms. The minimum absolute atomic E-state index is 0.0572. The fraction of sp³-hybridized carbons (Fsp3) is 0.667. The Bertz CT molecular complexity index is 289. The zero-order chi connectivity index (χ0) is 13.1. The van der Waals surface area contributed by atoms with Crippen molar-refractivity contribution in [3.8, 4) is 6.26 Å². The number of carbonyl (C=O) groups is 2. The normalized spacial score (nSPS) is 10.6. The van der Waals surface area contributed by atoms with Gasteiger partial charge in [-0.25, -0.2) is 9.59 Å². The summed E-state index contributed by atoms with van der Waals surface area (Å²) in [4.78, 5) is 21.9. The summed E-state index contributed by atoms with van der Waals surface area (Å²) in [6.07, 6.45) is -0.545. The van der Waals surface area contributed by atoms with Crippen molar-refractivity contribution in [2.75, 3.05) is 19.9 Å². The summed E-state index contributed by atoms with van der Waals surface area (Å²) >= 11 is 0. The first-order valence-electron chi connectivity index (χ1n) is 4.96. The average molecular weight is 245 g/mol. The van der Waals surface area contributed by atoms with Crippen molar-refractivity contribution < 1.29 is 23.8 Å². The van der Waals surface area contributed by atoms with Crippen molar-refractivity contribution in [1.82, 2.24) is 10.6 Å². The molecule has 0 saturated carbocycles. The Morgan fingerprint density at radius 3 is 2.65 bits per heavy atom. The van der Waals surface area contributed by atoms with Gasteiger partial charge in [0.2, 0.25) is 0 Å². The van der Waals surface area contributed by atoms with Gasteiger partial charge in [-0.1, -0.05) is 0 Å². The Balaban J connectivity index is 3.64. The summed E-state index contributed by atoms with van der Waals surface area (Å²) in [7, 11) is 0. The van der Waals surface area contributed by atoms with E-state index < -0.39 is 18.3 Å². The Morgan fingerprint density at radius 2 is 2.06 bits per heavy atom. The molecule has 2 N–H and O–H groups in total. The number of carbonyl (C=O) groups excluding carboxylic acids is 2. The van der Waals surface area contributed by atoms with E-state index in [-0.39, 0.29) is 13.3 Å². The first-order chi connectivity index (χ1) is 8.10. The van der Waals surface area contributed by atoms with Crippen molar-refractivity contribution in [2.45, 2.75) is 20.0 Å². The molecule has 0 aliphatic heterocycles. The van der Waals surface area contributed by atoms with E-state index in [0.29, 0.717) is 6.54 Å². The van der Waals surface area contributed by atoms with Crippen LogP contribution in [-0.2, 0) is 14.2 Å². The Hall–Kier alpha value is -2.17. The second kappa shape index (κ2) is 9.08. The molecular weight excluding hydrogens is 230 g/mol. The summed E-state index contributed by atoms with van der Waals surface area (Å²) in [5.74, 6) is 0. The van der Waals surface area contributed by atoms with E-state index in [1.807, 2.05) is 0 Å². The highest BCUT2D eigenvalue weighted by atomic mass is 16.6. The van der Waals surface area contributed by atoms with E-state index in [9.17, 15) is 9.59 Å². The van der Waals surface area contributed by atoms with Crippen LogP contribution in [0.15, 0.2) is 0 Å². The van der Waals surface area contributed by atoms with Gasteiger partial charge >= 0.3 is 12.2 Å². The molecule has 1 unspecified atom stereocenters. The molecule has 96 valence electrons. The van der Waals surface area contributed by atoms with Crippen LogP contribution in [0.1, 0.15) is 13.8 Å². The van der Waals surface area contributed by atoms with Gasteiger partial charge in [0.15, 0.2) is 6.73 Å². The standard InChI is InChI=1S/C9H15N3O5/c1-3-11-8(13)16-4-7(2)17-9(14)12-6-15-5-10/h7H,3-4,6H2,1-2H3,(H,11,13)(H,12,14). The summed E-state index contributed by atoms with van der Waals surface area (Å²) in [5, 5.41) is 12.6. The van der Waals surface area contributed by atoms with Crippen LogP contribution in [0.2, 0.25) is 0 Å². The fourth-order valence-corrected chi connectivity index (χ4v) is 0.774. The highest BCUT2D eigenvalue weighted by molar-refractivity contribution is 5.68. The number of hydrogen-bond acceptors (Lipinski definition) is 6. The molecule has 0 radical (unpaired) electrons. The van der Waals surface area contributed by atoms with Gasteiger partial charge < -0.3 is 19.5 Å². The van der Waals surface area contributed by atoms with Crippen molar-refractivity contribution in [3.63, 3.8) is 0 Å². The summed E-state index contributed by atoms with van der Waals surface area (Å²) in [6.45, 7) is 3.45. The molecule has 0 rings (SSSR count). The van der Waals surface area contributed by atoms with Crippen LogP contribution in [0, 0.1) is 11.5 Å². The monoisotopic (exact) mass is 245 g/mol. The Labute approximate surface area is 98.8 Å². The molecular formula is C9H15N3O5. The van der Waals surface area contributed by atoms with Gasteiger partial charge in [-0.2, -0.15) is 5.26 Å². The van der Waals surface area contributed by atoms with Gasteiger partial charge in [0.25, 0.3) is 6.26 Å². The van der Waals surface area contributed by atoms with Crippen molar-refractivity contribution in [1.29, 1.82) is 5.26 Å². The number of alkyl carbamates (subject to hydrolysis) is 2. The third-order valence-corrected chi connectivity index (χ3v) is 1.43. The predicted molar refractivity (Wildman–Crippen MR) is 55.7 cm³/mol. The van der Waals surface area contributed by atoms with Crippen molar-refractivity contribution >= 4 is 12.2 Å². The number of hydrogen-bond donors (Lipinski definition) is 2. The summed E-state index contributed by atoms with van der Waals surface area (Å²) in [5.41, 5.74) is 0. The van der Waals surface area contributed by atoms with E-state index in [1.165, 1.54) is 6.26 Å². The van der Waals surface area contributed by atoms with E-state index in [1.54, 1.807) is 13.8 Å². The maximum absolute atomic E-state index is 11.0. The van der Waals surface area contributed by atoms with Gasteiger partial charge in [0.1, 0.15) is 12.7 Å². The molecule has 0 spiro atoms. The number of nitriles is 1. The summed E-state index contributed by atoms with van der Waals surface area (Å²) in [6, 6.07) is 0. The van der Waals surface area contributed by atoms with Gasteiger partial charge in [-0.15, -0.1) is 0 Å². The van der Waals surface area contributed by atoms with Crippen LogP contribution in [0.5, 0.6) is 0 Å². The molecule has 0 saturated heterocycles. The lowest BCUT2D eigenvalue weighted by Crippen LogP contribution is -2.33. The lowest BCUT2D eigenvalue weighted by atomic mass is 10.4. The SMILES string of the molecule is CCNC(=O)OCC(C)OC(=O)NCOC#N. The first kappa shape index (κ1) is 14.8. The van der Waals surface area contributed by atoms with Gasteiger partial charge in [0, 0.05) is 6.54 Å². The molecule has 17 heavy (non-hydrogen) atoms. The predicted octanol–water partition coefficient (Wildman–Crippen LogP) is 0.302. The number of ether oxygens (including phenoxy) is 3. The largest absolute Gasteiger partial charge is 0.446 e. The van der Waals surface area contributed by atoms with Crippen LogP contribution in [0.4, 0.5) is 9.59 Å². The molecule has 8 heteroatoms. The number of nitrogens with zero attached hydrogens (tertiary/aromatic N) is 1. The molecule has 0 aromatic rings. The van der Waals surface area contributed by atoms with Gasteiger partial charge in [-0.3, -0.25) is 5.32 Å². The molecule has 0 heterocycles. The van der Waals surface area contributed by atoms with Crippen LogP contribution in [0.3, 0.4) is 0 Å². The van der Waals surface area contributed by atoms with E-state index >= 15 is 0 Å². The minimum Gasteiger partial charge on any atom is -0.446 e. The molecule has 2 amide bonds. The quantitative estimate of drug-likeness (QED) is 0.395. The molecule has 0 aliphatic rings. The Morgan fingerprint density at radius 1 is 1.35 bits per heavy atom. The fourth-order valence-electron chi connectivity index (χ4n) is 0.774. The topological polar surface area (TPSA) is 110 Å². The molecule has 0 aliphatic carbocycles. The highest BCUT2D eigenvalue weighted by Crippen LogP contribution is 1.93. The van der Waals surface area contributed by atoms with Gasteiger partial charge in [-0.05, 0) is 13.8 Å². The van der Waals surface area contributed by atoms with E-state index in [0.717, 1.165) is 0 Å². The summed E-state index contributed by atoms with van der Waals surface area (Å²) < 4.78 is 13.7. The maximum atomic E-state index is 11.0. The second-order valence-electron chi connectivity index (χ2n) is 2.90. The third-order valence-electron chi connectivity index (χ3n) is 1.43. The molecule has 1 atom stereocenters. The van der Waals surface area contributed by atoms with Crippen LogP contribution in [0.25, 0.3) is 0 Å². The second-order valence-corrected chi connectivity index (χ2v) is 2.90. The lowest BCUT2D eigenvalue weighted by molar-refractivity contribution is 0.0495. The zero-order valence-electron chi connectivity index (χ0n) is 9.69. The van der Waals surface area contributed by atoms with Crippen molar-refractivity contribution in [2.24, 2.45) is 0 Å². The number of nitrogens with one attached hydrogen (secondary N) is 2. The maximum Gasteiger partial charge on any atom is 0.410 e. The van der Waals surface area contributed by atoms with Crippen LogP contribution >= 0.6 is 0 Å². The zero-order valence-corrected chi connectivity index (χ0v) is 9.69. The smallest absolute Gasteiger partial charge is 0.410 e. The lowest BCUT2D eigenvalue weighted by Gasteiger charge is -2.13. The third kappa shape index (κ3) is 8.80. The van der Waals surface area contributed by atoms with Crippen LogP contribution in [-0.4, -0.2) is 38.2 Å². The molecule has 0 fully saturated rings. The van der Waals surface area contributed by atoms with Crippen molar-refractivity contribution in [3.05, 3.63) is 0 Å². The average Bonchev–Trinajstić information content (AvgIpc) is 2.27. The molecule has 0 aromatic heterocycles. The molecule has 0 aromatic carbocycles. The molecule has 8 nitrogen and oxygen atoms in total. The van der Waals surface area contributed by atoms with E-state index in [2.05, 4.69) is 15.4 Å². The van der Waals surface area contributed by atoms with E-state index in [4.69, 9.17) is 14.7 Å². The van der Waals surface area contributed by atoms with Gasteiger partial charge in [0.05, 0.1) is 0 Å². The highest BCUT2D eigenvalue weighted by Gasteiger charge is 2.11.